The molecular weight excluding hydrogens is 701 g/mol. The molecule has 0 amide bonds. The second kappa shape index (κ2) is 13.2. The Balaban J connectivity index is 1.21. The summed E-state index contributed by atoms with van der Waals surface area (Å²) in [6.07, 6.45) is 0. The van der Waals surface area contributed by atoms with E-state index in [1.165, 1.54) is 82.6 Å². The molecule has 11 rings (SSSR count). The Morgan fingerprint density at radius 1 is 0.397 bits per heavy atom. The number of anilines is 3. The molecule has 10 aromatic rings. The quantitative estimate of drug-likeness (QED) is 0.165. The minimum Gasteiger partial charge on any atom is -0.310 e. The second-order valence-corrected chi connectivity index (χ2v) is 16.0. The van der Waals surface area contributed by atoms with Gasteiger partial charge in [-0.3, -0.25) is 0 Å². The van der Waals surface area contributed by atoms with Crippen LogP contribution in [-0.2, 0) is 5.41 Å². The lowest BCUT2D eigenvalue weighted by Gasteiger charge is -2.35. The van der Waals surface area contributed by atoms with E-state index in [0.717, 1.165) is 22.7 Å². The number of nitrogens with zero attached hydrogens (tertiary/aromatic N) is 2. The molecule has 2 heteroatoms. The number of rotatable bonds is 6. The summed E-state index contributed by atoms with van der Waals surface area (Å²) in [6.45, 7) is 6.53. The van der Waals surface area contributed by atoms with Crippen molar-refractivity contribution < 1.29 is 0 Å². The Morgan fingerprint density at radius 3 is 1.59 bits per heavy atom. The van der Waals surface area contributed by atoms with Crippen molar-refractivity contribution in [1.82, 2.24) is 4.57 Å². The molecule has 9 aromatic carbocycles. The maximum atomic E-state index is 2.48. The summed E-state index contributed by atoms with van der Waals surface area (Å²) < 4.78 is 2.47. The summed E-state index contributed by atoms with van der Waals surface area (Å²) in [5, 5.41) is 5.01. The number of hydrogen-bond acceptors (Lipinski definition) is 1. The summed E-state index contributed by atoms with van der Waals surface area (Å²) in [6, 6.07) is 74.7. The molecule has 0 saturated carbocycles. The average Bonchev–Trinajstić information content (AvgIpc) is 3.74. The van der Waals surface area contributed by atoms with Crippen molar-refractivity contribution in [2.75, 3.05) is 4.90 Å². The Bertz CT molecular complexity index is 3090. The molecule has 276 valence electrons. The van der Waals surface area contributed by atoms with Gasteiger partial charge in [-0.1, -0.05) is 150 Å². The Labute approximate surface area is 339 Å². The molecule has 0 bridgehead atoms. The van der Waals surface area contributed by atoms with Gasteiger partial charge in [-0.15, -0.1) is 0 Å². The first-order valence-corrected chi connectivity index (χ1v) is 20.3. The zero-order valence-corrected chi connectivity index (χ0v) is 32.9. The molecule has 0 fully saturated rings. The monoisotopic (exact) mass is 742 g/mol. The number of aryl methyl sites for hydroxylation is 3. The van der Waals surface area contributed by atoms with Crippen LogP contribution in [0.4, 0.5) is 17.1 Å². The molecule has 2 nitrogen and oxygen atoms in total. The van der Waals surface area contributed by atoms with E-state index >= 15 is 0 Å². The van der Waals surface area contributed by atoms with Crippen molar-refractivity contribution in [3.05, 3.63) is 239 Å². The third-order valence-electron chi connectivity index (χ3n) is 12.4. The zero-order chi connectivity index (χ0) is 39.0. The van der Waals surface area contributed by atoms with E-state index in [9.17, 15) is 0 Å². The van der Waals surface area contributed by atoms with Crippen LogP contribution in [0.3, 0.4) is 0 Å². The highest BCUT2D eigenvalue weighted by atomic mass is 15.1. The number of aromatic nitrogens is 1. The minimum atomic E-state index is -0.594. The fourth-order valence-electron chi connectivity index (χ4n) is 9.80. The summed E-state index contributed by atoms with van der Waals surface area (Å²) in [4.78, 5) is 2.44. The molecule has 1 aliphatic rings. The number of fused-ring (bicyclic) bond motifs is 7. The van der Waals surface area contributed by atoms with E-state index in [1.807, 2.05) is 0 Å². The highest BCUT2D eigenvalue weighted by Crippen LogP contribution is 2.58. The van der Waals surface area contributed by atoms with Gasteiger partial charge in [-0.05, 0) is 126 Å². The first kappa shape index (κ1) is 34.1. The van der Waals surface area contributed by atoms with Crippen molar-refractivity contribution in [3.8, 4) is 16.8 Å². The molecule has 0 N–H and O–H groups in total. The van der Waals surface area contributed by atoms with E-state index < -0.39 is 5.41 Å². The van der Waals surface area contributed by atoms with Gasteiger partial charge >= 0.3 is 0 Å². The van der Waals surface area contributed by atoms with Crippen molar-refractivity contribution in [1.29, 1.82) is 0 Å². The van der Waals surface area contributed by atoms with Crippen molar-refractivity contribution in [2.45, 2.75) is 26.2 Å². The predicted octanol–water partition coefficient (Wildman–Crippen LogP) is 14.7. The second-order valence-electron chi connectivity index (χ2n) is 16.0. The fraction of sp³-hybridized carbons (Fsp3) is 0.0714. The Kier molecular flexibility index (Phi) is 7.78. The molecular formula is C56H42N2. The van der Waals surface area contributed by atoms with Crippen LogP contribution in [0.15, 0.2) is 200 Å². The van der Waals surface area contributed by atoms with Gasteiger partial charge in [0.1, 0.15) is 0 Å². The predicted molar refractivity (Wildman–Crippen MR) is 244 cm³/mol. The van der Waals surface area contributed by atoms with Gasteiger partial charge in [0.2, 0.25) is 0 Å². The molecule has 0 saturated heterocycles. The highest BCUT2D eigenvalue weighted by Gasteiger charge is 2.46. The van der Waals surface area contributed by atoms with Crippen LogP contribution < -0.4 is 4.90 Å². The van der Waals surface area contributed by atoms with E-state index in [1.54, 1.807) is 0 Å². The summed E-state index contributed by atoms with van der Waals surface area (Å²) in [5.41, 5.74) is 17.8. The molecule has 1 heterocycles. The summed E-state index contributed by atoms with van der Waals surface area (Å²) in [5.74, 6) is 0. The van der Waals surface area contributed by atoms with Crippen LogP contribution in [0.5, 0.6) is 0 Å². The van der Waals surface area contributed by atoms with Crippen LogP contribution >= 0.6 is 0 Å². The Morgan fingerprint density at radius 2 is 0.931 bits per heavy atom. The van der Waals surface area contributed by atoms with E-state index in [-0.39, 0.29) is 0 Å². The van der Waals surface area contributed by atoms with Gasteiger partial charge in [0, 0.05) is 33.2 Å². The molecule has 0 spiro atoms. The summed E-state index contributed by atoms with van der Waals surface area (Å²) >= 11 is 0. The number of hydrogen-bond donors (Lipinski definition) is 0. The normalized spacial score (nSPS) is 12.9. The molecule has 0 unspecified atom stereocenters. The fourth-order valence-corrected chi connectivity index (χ4v) is 9.80. The topological polar surface area (TPSA) is 8.17 Å². The van der Waals surface area contributed by atoms with Crippen molar-refractivity contribution in [2.24, 2.45) is 0 Å². The maximum absolute atomic E-state index is 2.48. The maximum Gasteiger partial charge on any atom is 0.0715 e. The highest BCUT2D eigenvalue weighted by molar-refractivity contribution is 6.10. The van der Waals surface area contributed by atoms with Gasteiger partial charge in [-0.25, -0.2) is 0 Å². The smallest absolute Gasteiger partial charge is 0.0715 e. The molecule has 0 atom stereocenters. The van der Waals surface area contributed by atoms with Gasteiger partial charge in [0.05, 0.1) is 22.1 Å². The number of benzene rings is 9. The molecule has 0 radical (unpaired) electrons. The first-order valence-electron chi connectivity index (χ1n) is 20.3. The SMILES string of the molecule is Cc1ccc(N(c2ccc3c(c2)C(c2ccccc2)(c2ccccc2)c2cc(-n4c5ccc(C)cc5c5cc(C)ccc54)ccc2-3)c2cccc3ccccc23)cc1. The van der Waals surface area contributed by atoms with E-state index in [0.29, 0.717) is 0 Å². The van der Waals surface area contributed by atoms with Gasteiger partial charge in [0.15, 0.2) is 0 Å². The van der Waals surface area contributed by atoms with Crippen molar-refractivity contribution >= 4 is 49.6 Å². The van der Waals surface area contributed by atoms with Crippen LogP contribution in [0.1, 0.15) is 38.9 Å². The minimum absolute atomic E-state index is 0.594. The molecule has 1 aromatic heterocycles. The zero-order valence-electron chi connectivity index (χ0n) is 32.9. The Hall–Kier alpha value is -7.16. The summed E-state index contributed by atoms with van der Waals surface area (Å²) in [7, 11) is 0. The van der Waals surface area contributed by atoms with Crippen LogP contribution in [-0.4, -0.2) is 4.57 Å². The van der Waals surface area contributed by atoms with E-state index in [4.69, 9.17) is 0 Å². The standard InChI is InChI=1S/C56H42N2/c1-37-21-25-43(26-22-37)57(53-20-12-14-40-13-10-11-19-46(40)53)44-27-29-47-48-30-28-45(58-54-31-23-38(2)33-49(54)50-34-39(3)24-32-55(50)58)36-52(48)56(51(47)35-44,41-15-6-4-7-16-41)42-17-8-5-9-18-42/h4-36H,1-3H3. The molecule has 58 heavy (non-hydrogen) atoms. The first-order chi connectivity index (χ1) is 28.5. The van der Waals surface area contributed by atoms with Crippen LogP contribution in [0, 0.1) is 20.8 Å². The van der Waals surface area contributed by atoms with Gasteiger partial charge in [0.25, 0.3) is 0 Å². The third kappa shape index (κ3) is 5.11. The van der Waals surface area contributed by atoms with E-state index in [2.05, 4.69) is 230 Å². The van der Waals surface area contributed by atoms with Gasteiger partial charge < -0.3 is 9.47 Å². The van der Waals surface area contributed by atoms with Crippen LogP contribution in [0.2, 0.25) is 0 Å². The lowest BCUT2D eigenvalue weighted by atomic mass is 9.67. The van der Waals surface area contributed by atoms with Gasteiger partial charge in [-0.2, -0.15) is 0 Å². The third-order valence-corrected chi connectivity index (χ3v) is 12.4. The van der Waals surface area contributed by atoms with Crippen LogP contribution in [0.25, 0.3) is 49.4 Å². The lowest BCUT2D eigenvalue weighted by molar-refractivity contribution is 0.767. The largest absolute Gasteiger partial charge is 0.310 e. The molecule has 1 aliphatic carbocycles. The average molecular weight is 743 g/mol. The van der Waals surface area contributed by atoms with Crippen molar-refractivity contribution in [3.63, 3.8) is 0 Å². The lowest BCUT2D eigenvalue weighted by Crippen LogP contribution is -2.29. The molecule has 0 aliphatic heterocycles.